The molecule has 0 saturated carbocycles. The number of nitrogens with two attached hydrogens (primary N) is 1. The van der Waals surface area contributed by atoms with Crippen molar-refractivity contribution in [2.45, 2.75) is 45.4 Å². The molecule has 0 aromatic carbocycles. The lowest BCUT2D eigenvalue weighted by molar-refractivity contribution is 0.181. The first kappa shape index (κ1) is 12.0. The topological polar surface area (TPSA) is 29.3 Å². The van der Waals surface area contributed by atoms with E-state index in [9.17, 15) is 0 Å². The van der Waals surface area contributed by atoms with Crippen molar-refractivity contribution in [2.75, 3.05) is 26.2 Å². The van der Waals surface area contributed by atoms with Crippen molar-refractivity contribution in [1.82, 2.24) is 4.90 Å². The quantitative estimate of drug-likeness (QED) is 0.663. The molecule has 1 atom stereocenters. The summed E-state index contributed by atoms with van der Waals surface area (Å²) in [5.74, 6) is 0.924. The molecule has 2 N–H and O–H groups in total. The highest BCUT2D eigenvalue weighted by Gasteiger charge is 2.14. The number of nitrogens with zero attached hydrogens (tertiary/aromatic N) is 1. The van der Waals surface area contributed by atoms with Crippen molar-refractivity contribution >= 4 is 0 Å². The molecule has 1 aliphatic rings. The van der Waals surface area contributed by atoms with Gasteiger partial charge in [0.25, 0.3) is 0 Å². The Bertz CT molecular complexity index is 136. The van der Waals surface area contributed by atoms with E-state index in [-0.39, 0.29) is 0 Å². The van der Waals surface area contributed by atoms with Gasteiger partial charge in [0.05, 0.1) is 0 Å². The van der Waals surface area contributed by atoms with E-state index in [2.05, 4.69) is 11.8 Å². The van der Waals surface area contributed by atoms with Crippen molar-refractivity contribution in [3.8, 4) is 0 Å². The lowest BCUT2D eigenvalue weighted by Gasteiger charge is -2.30. The zero-order chi connectivity index (χ0) is 10.2. The van der Waals surface area contributed by atoms with E-state index in [1.807, 2.05) is 0 Å². The third-order valence-corrected chi connectivity index (χ3v) is 3.17. The minimum Gasteiger partial charge on any atom is -0.330 e. The molecule has 0 aromatic rings. The van der Waals surface area contributed by atoms with Crippen molar-refractivity contribution < 1.29 is 0 Å². The molecular weight excluding hydrogens is 172 g/mol. The van der Waals surface area contributed by atoms with Crippen LogP contribution < -0.4 is 5.73 Å². The van der Waals surface area contributed by atoms with E-state index in [1.54, 1.807) is 0 Å². The SMILES string of the molecule is CC1CCCN(CCCCCCN)C1. The molecule has 2 nitrogen and oxygen atoms in total. The van der Waals surface area contributed by atoms with Gasteiger partial charge in [-0.25, -0.2) is 0 Å². The number of unbranched alkanes of at least 4 members (excludes halogenated alkanes) is 3. The van der Waals surface area contributed by atoms with Crippen molar-refractivity contribution in [1.29, 1.82) is 0 Å². The van der Waals surface area contributed by atoms with Crippen LogP contribution in [-0.2, 0) is 0 Å². The molecule has 1 fully saturated rings. The van der Waals surface area contributed by atoms with Crippen LogP contribution >= 0.6 is 0 Å². The first-order chi connectivity index (χ1) is 6.83. The molecule has 1 unspecified atom stereocenters. The van der Waals surface area contributed by atoms with Crippen LogP contribution in [0.1, 0.15) is 45.4 Å². The largest absolute Gasteiger partial charge is 0.330 e. The molecule has 1 aliphatic heterocycles. The third-order valence-electron chi connectivity index (χ3n) is 3.17. The van der Waals surface area contributed by atoms with E-state index in [0.717, 1.165) is 12.5 Å². The Balaban J connectivity index is 1.95. The van der Waals surface area contributed by atoms with Gasteiger partial charge >= 0.3 is 0 Å². The van der Waals surface area contributed by atoms with Crippen LogP contribution in [0.3, 0.4) is 0 Å². The molecule has 0 bridgehead atoms. The van der Waals surface area contributed by atoms with Crippen LogP contribution in [-0.4, -0.2) is 31.1 Å². The molecule has 0 aliphatic carbocycles. The summed E-state index contributed by atoms with van der Waals surface area (Å²) in [6, 6.07) is 0. The number of rotatable bonds is 6. The maximum atomic E-state index is 5.46. The fraction of sp³-hybridized carbons (Fsp3) is 1.00. The Morgan fingerprint density at radius 1 is 1.21 bits per heavy atom. The van der Waals surface area contributed by atoms with Gasteiger partial charge in [0.1, 0.15) is 0 Å². The average Bonchev–Trinajstić information content (AvgIpc) is 2.18. The highest BCUT2D eigenvalue weighted by Crippen LogP contribution is 2.15. The van der Waals surface area contributed by atoms with Crippen LogP contribution in [0, 0.1) is 5.92 Å². The van der Waals surface area contributed by atoms with E-state index >= 15 is 0 Å². The lowest BCUT2D eigenvalue weighted by Crippen LogP contribution is -2.34. The summed E-state index contributed by atoms with van der Waals surface area (Å²) in [7, 11) is 0. The molecule has 2 heteroatoms. The van der Waals surface area contributed by atoms with Crippen LogP contribution in [0.5, 0.6) is 0 Å². The summed E-state index contributed by atoms with van der Waals surface area (Å²) in [5.41, 5.74) is 5.46. The van der Waals surface area contributed by atoms with Crippen molar-refractivity contribution in [3.63, 3.8) is 0 Å². The number of piperidine rings is 1. The van der Waals surface area contributed by atoms with Gasteiger partial charge in [-0.05, 0) is 51.2 Å². The zero-order valence-electron chi connectivity index (χ0n) is 9.67. The summed E-state index contributed by atoms with van der Waals surface area (Å²) in [6.45, 7) is 7.22. The van der Waals surface area contributed by atoms with Gasteiger partial charge < -0.3 is 10.6 Å². The van der Waals surface area contributed by atoms with E-state index < -0.39 is 0 Å². The standard InChI is InChI=1S/C12H26N2/c1-12-7-6-10-14(11-12)9-5-3-2-4-8-13/h12H,2-11,13H2,1H3. The fourth-order valence-corrected chi connectivity index (χ4v) is 2.32. The normalized spacial score (nSPS) is 24.0. The average molecular weight is 198 g/mol. The summed E-state index contributed by atoms with van der Waals surface area (Å²) < 4.78 is 0. The summed E-state index contributed by atoms with van der Waals surface area (Å²) in [6.07, 6.45) is 8.10. The molecule has 1 saturated heterocycles. The lowest BCUT2D eigenvalue weighted by atomic mass is 10.00. The van der Waals surface area contributed by atoms with Crippen LogP contribution in [0.25, 0.3) is 0 Å². The first-order valence-corrected chi connectivity index (χ1v) is 6.25. The van der Waals surface area contributed by atoms with Crippen LogP contribution in [0.4, 0.5) is 0 Å². The predicted molar refractivity (Wildman–Crippen MR) is 62.4 cm³/mol. The second-order valence-electron chi connectivity index (χ2n) is 4.75. The molecule has 14 heavy (non-hydrogen) atoms. The van der Waals surface area contributed by atoms with E-state index in [4.69, 9.17) is 5.73 Å². The Hall–Kier alpha value is -0.0800. The molecule has 0 aromatic heterocycles. The van der Waals surface area contributed by atoms with E-state index in [0.29, 0.717) is 0 Å². The minimum absolute atomic E-state index is 0.862. The molecule has 84 valence electrons. The molecular formula is C12H26N2. The molecule has 0 amide bonds. The van der Waals surface area contributed by atoms with Crippen LogP contribution in [0.2, 0.25) is 0 Å². The highest BCUT2D eigenvalue weighted by atomic mass is 15.1. The Morgan fingerprint density at radius 3 is 2.71 bits per heavy atom. The summed E-state index contributed by atoms with van der Waals surface area (Å²) in [5, 5.41) is 0. The molecule has 0 spiro atoms. The number of hydrogen-bond acceptors (Lipinski definition) is 2. The zero-order valence-corrected chi connectivity index (χ0v) is 9.67. The van der Waals surface area contributed by atoms with Gasteiger partial charge in [0.15, 0.2) is 0 Å². The molecule has 0 radical (unpaired) electrons. The van der Waals surface area contributed by atoms with Gasteiger partial charge in [0, 0.05) is 6.54 Å². The summed E-state index contributed by atoms with van der Waals surface area (Å²) in [4.78, 5) is 2.64. The van der Waals surface area contributed by atoms with Crippen molar-refractivity contribution in [2.24, 2.45) is 11.7 Å². The maximum absolute atomic E-state index is 5.46. The predicted octanol–water partition coefficient (Wildman–Crippen LogP) is 2.24. The molecule has 1 heterocycles. The smallest absolute Gasteiger partial charge is 0.000703 e. The van der Waals surface area contributed by atoms with E-state index in [1.165, 1.54) is 58.2 Å². The third kappa shape index (κ3) is 4.97. The highest BCUT2D eigenvalue weighted by molar-refractivity contribution is 4.69. The second-order valence-corrected chi connectivity index (χ2v) is 4.75. The monoisotopic (exact) mass is 198 g/mol. The Morgan fingerprint density at radius 2 is 2.00 bits per heavy atom. The Kier molecular flexibility index (Phi) is 6.20. The Labute approximate surface area is 88.8 Å². The van der Waals surface area contributed by atoms with Gasteiger partial charge in [-0.1, -0.05) is 19.8 Å². The fourth-order valence-electron chi connectivity index (χ4n) is 2.32. The maximum Gasteiger partial charge on any atom is 0.000703 e. The van der Waals surface area contributed by atoms with Gasteiger partial charge in [-0.3, -0.25) is 0 Å². The molecule has 1 rings (SSSR count). The van der Waals surface area contributed by atoms with Crippen LogP contribution in [0.15, 0.2) is 0 Å². The van der Waals surface area contributed by atoms with Crippen molar-refractivity contribution in [3.05, 3.63) is 0 Å². The number of hydrogen-bond donors (Lipinski definition) is 1. The second kappa shape index (κ2) is 7.24. The number of likely N-dealkylation sites (tertiary alicyclic amines) is 1. The minimum atomic E-state index is 0.862. The van der Waals surface area contributed by atoms with Gasteiger partial charge in [0.2, 0.25) is 0 Å². The van der Waals surface area contributed by atoms with Gasteiger partial charge in [-0.2, -0.15) is 0 Å². The van der Waals surface area contributed by atoms with Gasteiger partial charge in [-0.15, -0.1) is 0 Å². The summed E-state index contributed by atoms with van der Waals surface area (Å²) >= 11 is 0. The first-order valence-electron chi connectivity index (χ1n) is 6.25.